The Hall–Kier alpha value is -3.05. The average Bonchev–Trinajstić information content (AvgIpc) is 3.12. The van der Waals surface area contributed by atoms with Crippen molar-refractivity contribution in [1.82, 2.24) is 9.97 Å². The van der Waals surface area contributed by atoms with Crippen LogP contribution in [0.25, 0.3) is 20.9 Å². The van der Waals surface area contributed by atoms with Crippen molar-refractivity contribution in [3.8, 4) is 10.7 Å². The van der Waals surface area contributed by atoms with Gasteiger partial charge < -0.3 is 5.32 Å². The van der Waals surface area contributed by atoms with Crippen LogP contribution in [0.2, 0.25) is 0 Å². The minimum atomic E-state index is -0.184. The van der Waals surface area contributed by atoms with Crippen molar-refractivity contribution in [1.29, 1.82) is 0 Å². The van der Waals surface area contributed by atoms with Gasteiger partial charge in [0.15, 0.2) is 0 Å². The Morgan fingerprint density at radius 3 is 2.62 bits per heavy atom. The molecule has 0 bridgehead atoms. The van der Waals surface area contributed by atoms with Gasteiger partial charge in [-0.25, -0.2) is 4.98 Å². The maximum atomic E-state index is 12.8. The van der Waals surface area contributed by atoms with Gasteiger partial charge in [0.25, 0.3) is 5.91 Å². The van der Waals surface area contributed by atoms with Crippen molar-refractivity contribution in [2.24, 2.45) is 0 Å². The number of hydrogen-bond donors (Lipinski definition) is 1. The van der Waals surface area contributed by atoms with Crippen LogP contribution in [0.3, 0.4) is 0 Å². The van der Waals surface area contributed by atoms with Gasteiger partial charge in [0.05, 0.1) is 15.8 Å². The number of benzene rings is 2. The van der Waals surface area contributed by atoms with E-state index >= 15 is 0 Å². The Labute approximate surface area is 155 Å². The molecule has 5 heteroatoms. The standard InChI is InChI=1S/C21H17N3OS/c1-2-14-9-11-15(12-10-14)23-20(25)16-6-5-13-22-19(16)21-24-17-7-3-4-8-18(17)26-21/h3-13H,2H2,1H3,(H,23,25). The third-order valence-corrected chi connectivity index (χ3v) is 5.21. The Balaban J connectivity index is 1.67. The largest absolute Gasteiger partial charge is 0.322 e. The van der Waals surface area contributed by atoms with E-state index in [-0.39, 0.29) is 5.91 Å². The summed E-state index contributed by atoms with van der Waals surface area (Å²) in [6, 6.07) is 19.4. The van der Waals surface area contributed by atoms with Gasteiger partial charge in [-0.3, -0.25) is 9.78 Å². The summed E-state index contributed by atoms with van der Waals surface area (Å²) in [6.07, 6.45) is 2.66. The highest BCUT2D eigenvalue weighted by Gasteiger charge is 2.17. The highest BCUT2D eigenvalue weighted by atomic mass is 32.1. The lowest BCUT2D eigenvalue weighted by atomic mass is 10.1. The normalized spacial score (nSPS) is 10.8. The summed E-state index contributed by atoms with van der Waals surface area (Å²) in [7, 11) is 0. The number of para-hydroxylation sites is 1. The molecule has 0 aliphatic carbocycles. The molecule has 4 aromatic rings. The molecule has 2 heterocycles. The zero-order valence-corrected chi connectivity index (χ0v) is 15.1. The second kappa shape index (κ2) is 7.06. The number of aryl methyl sites for hydroxylation is 1. The van der Waals surface area contributed by atoms with Crippen LogP contribution in [0.5, 0.6) is 0 Å². The van der Waals surface area contributed by atoms with E-state index < -0.39 is 0 Å². The molecule has 1 N–H and O–H groups in total. The van der Waals surface area contributed by atoms with Crippen molar-refractivity contribution in [2.75, 3.05) is 5.32 Å². The molecule has 0 saturated heterocycles. The molecular formula is C21H17N3OS. The van der Waals surface area contributed by atoms with Gasteiger partial charge in [-0.2, -0.15) is 0 Å². The van der Waals surface area contributed by atoms with E-state index in [4.69, 9.17) is 0 Å². The Morgan fingerprint density at radius 2 is 1.85 bits per heavy atom. The van der Waals surface area contributed by atoms with Gasteiger partial charge in [0, 0.05) is 11.9 Å². The number of amides is 1. The van der Waals surface area contributed by atoms with Gasteiger partial charge in [-0.05, 0) is 48.4 Å². The Kier molecular flexibility index (Phi) is 4.46. The molecule has 4 rings (SSSR count). The number of anilines is 1. The highest BCUT2D eigenvalue weighted by molar-refractivity contribution is 7.21. The third-order valence-electron chi connectivity index (χ3n) is 4.17. The lowest BCUT2D eigenvalue weighted by molar-refractivity contribution is 0.102. The van der Waals surface area contributed by atoms with E-state index in [2.05, 4.69) is 22.2 Å². The predicted molar refractivity (Wildman–Crippen MR) is 107 cm³/mol. The Morgan fingerprint density at radius 1 is 1.04 bits per heavy atom. The van der Waals surface area contributed by atoms with Crippen LogP contribution in [0.1, 0.15) is 22.8 Å². The third kappa shape index (κ3) is 3.21. The summed E-state index contributed by atoms with van der Waals surface area (Å²) in [5.41, 5.74) is 4.05. The maximum Gasteiger partial charge on any atom is 0.257 e. The number of rotatable bonds is 4. The van der Waals surface area contributed by atoms with E-state index in [9.17, 15) is 4.79 Å². The highest BCUT2D eigenvalue weighted by Crippen LogP contribution is 2.31. The number of nitrogens with one attached hydrogen (secondary N) is 1. The van der Waals surface area contributed by atoms with Gasteiger partial charge in [-0.15, -0.1) is 11.3 Å². The number of carbonyl (C=O) groups is 1. The summed E-state index contributed by atoms with van der Waals surface area (Å²) < 4.78 is 1.08. The fourth-order valence-electron chi connectivity index (χ4n) is 2.75. The predicted octanol–water partition coefficient (Wildman–Crippen LogP) is 5.17. The molecular weight excluding hydrogens is 342 g/mol. The fourth-order valence-corrected chi connectivity index (χ4v) is 3.73. The number of pyridine rings is 1. The van der Waals surface area contributed by atoms with E-state index in [1.807, 2.05) is 48.5 Å². The molecule has 0 radical (unpaired) electrons. The molecule has 0 saturated carbocycles. The van der Waals surface area contributed by atoms with Crippen molar-refractivity contribution >= 4 is 33.1 Å². The molecule has 1 amide bonds. The summed E-state index contributed by atoms with van der Waals surface area (Å²) in [5, 5.41) is 3.70. The molecule has 2 aromatic carbocycles. The first-order chi connectivity index (χ1) is 12.7. The second-order valence-electron chi connectivity index (χ2n) is 5.89. The molecule has 0 aliphatic rings. The minimum absolute atomic E-state index is 0.184. The van der Waals surface area contributed by atoms with Crippen LogP contribution in [0.4, 0.5) is 5.69 Å². The number of thiazole rings is 1. The number of fused-ring (bicyclic) bond motifs is 1. The van der Waals surface area contributed by atoms with Crippen LogP contribution in [-0.4, -0.2) is 15.9 Å². The first-order valence-corrected chi connectivity index (χ1v) is 9.27. The lowest BCUT2D eigenvalue weighted by Gasteiger charge is -2.08. The van der Waals surface area contributed by atoms with Crippen LogP contribution in [0.15, 0.2) is 66.9 Å². The van der Waals surface area contributed by atoms with E-state index in [1.54, 1.807) is 18.3 Å². The molecule has 2 aromatic heterocycles. The topological polar surface area (TPSA) is 54.9 Å². The van der Waals surface area contributed by atoms with Crippen molar-refractivity contribution < 1.29 is 4.79 Å². The zero-order chi connectivity index (χ0) is 17.9. The van der Waals surface area contributed by atoms with E-state index in [0.29, 0.717) is 11.3 Å². The van der Waals surface area contributed by atoms with Crippen molar-refractivity contribution in [3.63, 3.8) is 0 Å². The second-order valence-corrected chi connectivity index (χ2v) is 6.92. The van der Waals surface area contributed by atoms with Gasteiger partial charge in [0.2, 0.25) is 0 Å². The number of hydrogen-bond acceptors (Lipinski definition) is 4. The minimum Gasteiger partial charge on any atom is -0.322 e. The fraction of sp³-hybridized carbons (Fsp3) is 0.0952. The quantitative estimate of drug-likeness (QED) is 0.547. The first kappa shape index (κ1) is 16.4. The van der Waals surface area contributed by atoms with Crippen LogP contribution in [-0.2, 0) is 6.42 Å². The molecule has 0 unspecified atom stereocenters. The zero-order valence-electron chi connectivity index (χ0n) is 14.3. The summed E-state index contributed by atoms with van der Waals surface area (Å²) in [5.74, 6) is -0.184. The average molecular weight is 359 g/mol. The molecule has 0 spiro atoms. The smallest absolute Gasteiger partial charge is 0.257 e. The maximum absolute atomic E-state index is 12.8. The molecule has 0 aliphatic heterocycles. The van der Waals surface area contributed by atoms with Gasteiger partial charge in [0.1, 0.15) is 10.7 Å². The Bertz CT molecular complexity index is 1040. The van der Waals surface area contributed by atoms with Gasteiger partial charge >= 0.3 is 0 Å². The first-order valence-electron chi connectivity index (χ1n) is 8.46. The van der Waals surface area contributed by atoms with Crippen LogP contribution >= 0.6 is 11.3 Å². The van der Waals surface area contributed by atoms with E-state index in [1.165, 1.54) is 16.9 Å². The lowest BCUT2D eigenvalue weighted by Crippen LogP contribution is -2.13. The number of nitrogens with zero attached hydrogens (tertiary/aromatic N) is 2. The van der Waals surface area contributed by atoms with Crippen molar-refractivity contribution in [2.45, 2.75) is 13.3 Å². The SMILES string of the molecule is CCc1ccc(NC(=O)c2cccnc2-c2nc3ccccc3s2)cc1. The molecule has 128 valence electrons. The summed E-state index contributed by atoms with van der Waals surface area (Å²) >= 11 is 1.54. The molecule has 0 fully saturated rings. The van der Waals surface area contributed by atoms with Crippen LogP contribution in [0, 0.1) is 0 Å². The van der Waals surface area contributed by atoms with Crippen LogP contribution < -0.4 is 5.32 Å². The monoisotopic (exact) mass is 359 g/mol. The molecule has 0 atom stereocenters. The molecule has 26 heavy (non-hydrogen) atoms. The van der Waals surface area contributed by atoms with Gasteiger partial charge in [-0.1, -0.05) is 31.2 Å². The van der Waals surface area contributed by atoms with Crippen molar-refractivity contribution in [3.05, 3.63) is 78.0 Å². The summed E-state index contributed by atoms with van der Waals surface area (Å²) in [4.78, 5) is 21.9. The number of aromatic nitrogens is 2. The van der Waals surface area contributed by atoms with E-state index in [0.717, 1.165) is 27.3 Å². The molecule has 4 nitrogen and oxygen atoms in total. The number of carbonyl (C=O) groups excluding carboxylic acids is 1. The summed E-state index contributed by atoms with van der Waals surface area (Å²) in [6.45, 7) is 2.10.